The Kier molecular flexibility index (Phi) is 7.15. The molecular formula is C26H26F2N8S. The first kappa shape index (κ1) is 24.8. The first-order valence-electron chi connectivity index (χ1n) is 11.9. The SMILES string of the molecule is CC(C)N(C)Cc1cnc(F)cc1-c1cccc2cc(-c3nc(NCCn4ccnn4)ncc3F)sc12. The molecule has 0 aliphatic carbocycles. The molecule has 0 aliphatic heterocycles. The van der Waals surface area contributed by atoms with Crippen molar-refractivity contribution in [1.82, 2.24) is 34.8 Å². The molecule has 1 aromatic carbocycles. The molecule has 0 amide bonds. The fourth-order valence-electron chi connectivity index (χ4n) is 3.94. The average Bonchev–Trinajstić information content (AvgIpc) is 3.56. The van der Waals surface area contributed by atoms with Gasteiger partial charge in [-0.25, -0.2) is 19.3 Å². The van der Waals surface area contributed by atoms with E-state index in [1.807, 2.05) is 31.3 Å². The molecule has 0 bridgehead atoms. The summed E-state index contributed by atoms with van der Waals surface area (Å²) in [5.74, 6) is -0.725. The van der Waals surface area contributed by atoms with Crippen molar-refractivity contribution in [3.8, 4) is 21.7 Å². The van der Waals surface area contributed by atoms with E-state index >= 15 is 0 Å². The van der Waals surface area contributed by atoms with Crippen molar-refractivity contribution in [2.75, 3.05) is 18.9 Å². The van der Waals surface area contributed by atoms with Gasteiger partial charge in [-0.15, -0.1) is 16.4 Å². The van der Waals surface area contributed by atoms with Crippen molar-refractivity contribution >= 4 is 27.4 Å². The van der Waals surface area contributed by atoms with Gasteiger partial charge in [-0.2, -0.15) is 4.39 Å². The number of anilines is 1. The van der Waals surface area contributed by atoms with Gasteiger partial charge < -0.3 is 5.32 Å². The van der Waals surface area contributed by atoms with Gasteiger partial charge in [0.15, 0.2) is 5.82 Å². The molecule has 0 fully saturated rings. The number of pyridine rings is 1. The Bertz CT molecular complexity index is 1520. The number of thiophene rings is 1. The summed E-state index contributed by atoms with van der Waals surface area (Å²) in [6.07, 6.45) is 6.13. The average molecular weight is 521 g/mol. The highest BCUT2D eigenvalue weighted by molar-refractivity contribution is 7.22. The van der Waals surface area contributed by atoms with E-state index < -0.39 is 11.8 Å². The van der Waals surface area contributed by atoms with Gasteiger partial charge in [0.25, 0.3) is 0 Å². The van der Waals surface area contributed by atoms with Crippen LogP contribution in [-0.2, 0) is 13.1 Å². The third kappa shape index (κ3) is 5.47. The third-order valence-corrected chi connectivity index (χ3v) is 7.35. The first-order chi connectivity index (χ1) is 17.9. The van der Waals surface area contributed by atoms with Gasteiger partial charge >= 0.3 is 0 Å². The van der Waals surface area contributed by atoms with Crippen LogP contribution in [0.5, 0.6) is 0 Å². The summed E-state index contributed by atoms with van der Waals surface area (Å²) in [7, 11) is 2.02. The standard InChI is InChI=1S/C26H26F2N8S/c1-16(2)35(3)15-18-13-30-23(28)12-20(18)19-6-4-5-17-11-22(37-25(17)19)24-21(27)14-31-26(33-24)29-7-9-36-10-8-32-34-36/h4-6,8,10-14,16H,7,9,15H2,1-3H3,(H,29,31,33). The van der Waals surface area contributed by atoms with Crippen LogP contribution in [0.25, 0.3) is 31.8 Å². The second kappa shape index (κ2) is 10.7. The van der Waals surface area contributed by atoms with E-state index in [4.69, 9.17) is 0 Å². The van der Waals surface area contributed by atoms with Crippen LogP contribution in [0.1, 0.15) is 19.4 Å². The number of rotatable bonds is 9. The lowest BCUT2D eigenvalue weighted by Crippen LogP contribution is -2.26. The summed E-state index contributed by atoms with van der Waals surface area (Å²) in [5.41, 5.74) is 2.79. The summed E-state index contributed by atoms with van der Waals surface area (Å²) in [6.45, 7) is 5.91. The minimum Gasteiger partial charge on any atom is -0.352 e. The first-order valence-corrected chi connectivity index (χ1v) is 12.7. The highest BCUT2D eigenvalue weighted by Crippen LogP contribution is 2.40. The van der Waals surface area contributed by atoms with E-state index in [0.29, 0.717) is 36.5 Å². The van der Waals surface area contributed by atoms with Crippen molar-refractivity contribution < 1.29 is 8.78 Å². The topological polar surface area (TPSA) is 84.7 Å². The fraction of sp³-hybridized carbons (Fsp3) is 0.269. The van der Waals surface area contributed by atoms with E-state index in [1.54, 1.807) is 23.3 Å². The van der Waals surface area contributed by atoms with E-state index in [2.05, 4.69) is 49.3 Å². The quantitative estimate of drug-likeness (QED) is 0.266. The van der Waals surface area contributed by atoms with E-state index in [9.17, 15) is 8.78 Å². The molecule has 0 aliphatic rings. The van der Waals surface area contributed by atoms with Gasteiger partial charge in [-0.05, 0) is 43.5 Å². The Morgan fingerprint density at radius 1 is 1.11 bits per heavy atom. The van der Waals surface area contributed by atoms with E-state index in [1.165, 1.54) is 23.6 Å². The van der Waals surface area contributed by atoms with Crippen LogP contribution in [0.3, 0.4) is 0 Å². The smallest absolute Gasteiger partial charge is 0.223 e. The van der Waals surface area contributed by atoms with Crippen molar-refractivity contribution in [2.45, 2.75) is 33.0 Å². The Morgan fingerprint density at radius 2 is 1.97 bits per heavy atom. The molecule has 0 atom stereocenters. The number of aromatic nitrogens is 6. The molecule has 5 aromatic rings. The lowest BCUT2D eigenvalue weighted by molar-refractivity contribution is 0.265. The van der Waals surface area contributed by atoms with Crippen LogP contribution in [0.2, 0.25) is 0 Å². The summed E-state index contributed by atoms with van der Waals surface area (Å²) in [5, 5.41) is 11.7. The van der Waals surface area contributed by atoms with Gasteiger partial charge in [-0.1, -0.05) is 23.4 Å². The van der Waals surface area contributed by atoms with Crippen LogP contribution in [0.15, 0.2) is 55.1 Å². The van der Waals surface area contributed by atoms with Gasteiger partial charge in [0.2, 0.25) is 11.9 Å². The van der Waals surface area contributed by atoms with Crippen LogP contribution in [0, 0.1) is 11.8 Å². The second-order valence-corrected chi connectivity index (χ2v) is 10.0. The molecule has 37 heavy (non-hydrogen) atoms. The van der Waals surface area contributed by atoms with Gasteiger partial charge in [0.1, 0.15) is 5.69 Å². The number of halogens is 2. The summed E-state index contributed by atoms with van der Waals surface area (Å²) in [6, 6.07) is 9.56. The maximum absolute atomic E-state index is 14.9. The molecule has 4 heterocycles. The molecule has 5 rings (SSSR count). The Morgan fingerprint density at radius 3 is 2.76 bits per heavy atom. The van der Waals surface area contributed by atoms with Crippen LogP contribution in [0.4, 0.5) is 14.7 Å². The zero-order chi connectivity index (χ0) is 25.9. The molecule has 0 spiro atoms. The maximum atomic E-state index is 14.9. The highest BCUT2D eigenvalue weighted by Gasteiger charge is 2.18. The molecule has 0 saturated carbocycles. The Labute approximate surface area is 217 Å². The zero-order valence-corrected chi connectivity index (χ0v) is 21.5. The zero-order valence-electron chi connectivity index (χ0n) is 20.7. The molecule has 190 valence electrons. The predicted octanol–water partition coefficient (Wildman–Crippen LogP) is 5.24. The van der Waals surface area contributed by atoms with Crippen molar-refractivity contribution in [3.05, 3.63) is 72.4 Å². The Hall–Kier alpha value is -3.83. The van der Waals surface area contributed by atoms with Crippen LogP contribution < -0.4 is 5.32 Å². The highest BCUT2D eigenvalue weighted by atomic mass is 32.1. The normalized spacial score (nSPS) is 11.6. The maximum Gasteiger partial charge on any atom is 0.223 e. The monoisotopic (exact) mass is 520 g/mol. The number of benzene rings is 1. The molecule has 0 saturated heterocycles. The lowest BCUT2D eigenvalue weighted by atomic mass is 10.00. The van der Waals surface area contributed by atoms with Crippen LogP contribution in [-0.4, -0.2) is 54.5 Å². The van der Waals surface area contributed by atoms with E-state index in [-0.39, 0.29) is 5.69 Å². The fourth-order valence-corrected chi connectivity index (χ4v) is 5.12. The molecule has 1 N–H and O–H groups in total. The largest absolute Gasteiger partial charge is 0.352 e. The number of nitrogens with zero attached hydrogens (tertiary/aromatic N) is 7. The van der Waals surface area contributed by atoms with Crippen molar-refractivity contribution in [3.63, 3.8) is 0 Å². The Balaban J connectivity index is 1.49. The summed E-state index contributed by atoms with van der Waals surface area (Å²) in [4.78, 5) is 15.3. The number of fused-ring (bicyclic) bond motifs is 1. The number of hydrogen-bond donors (Lipinski definition) is 1. The third-order valence-electron chi connectivity index (χ3n) is 6.16. The second-order valence-electron chi connectivity index (χ2n) is 8.99. The lowest BCUT2D eigenvalue weighted by Gasteiger charge is -2.22. The van der Waals surface area contributed by atoms with Crippen molar-refractivity contribution in [2.24, 2.45) is 0 Å². The molecule has 0 radical (unpaired) electrons. The number of hydrogen-bond acceptors (Lipinski definition) is 8. The minimum absolute atomic E-state index is 0.214. The molecule has 8 nitrogen and oxygen atoms in total. The molecule has 11 heteroatoms. The van der Waals surface area contributed by atoms with E-state index in [0.717, 1.165) is 26.8 Å². The number of nitrogens with one attached hydrogen (secondary N) is 1. The van der Waals surface area contributed by atoms with Gasteiger partial charge in [-0.3, -0.25) is 9.58 Å². The van der Waals surface area contributed by atoms with Gasteiger partial charge in [0.05, 0.1) is 23.8 Å². The van der Waals surface area contributed by atoms with Gasteiger partial charge in [0, 0.05) is 47.9 Å². The van der Waals surface area contributed by atoms with Crippen molar-refractivity contribution in [1.29, 1.82) is 0 Å². The summed E-state index contributed by atoms with van der Waals surface area (Å²) < 4.78 is 31.7. The summed E-state index contributed by atoms with van der Waals surface area (Å²) >= 11 is 1.42. The molecular weight excluding hydrogens is 494 g/mol. The molecule has 4 aromatic heterocycles. The predicted molar refractivity (Wildman–Crippen MR) is 141 cm³/mol. The van der Waals surface area contributed by atoms with Crippen LogP contribution >= 0.6 is 11.3 Å². The minimum atomic E-state index is -0.539. The molecule has 0 unspecified atom stereocenters.